The summed E-state index contributed by atoms with van der Waals surface area (Å²) in [4.78, 5) is 61.9. The maximum absolute atomic E-state index is 14.8. The molecule has 2 saturated heterocycles. The van der Waals surface area contributed by atoms with E-state index in [0.717, 1.165) is 22.4 Å². The van der Waals surface area contributed by atoms with E-state index in [9.17, 15) is 24.3 Å². The Labute approximate surface area is 282 Å². The molecule has 0 aromatic heterocycles. The minimum Gasteiger partial charge on any atom is -0.455 e. The van der Waals surface area contributed by atoms with Crippen molar-refractivity contribution in [3.63, 3.8) is 0 Å². The molecule has 254 valence electrons. The Morgan fingerprint density at radius 3 is 2.50 bits per heavy atom. The number of hydrogen-bond donors (Lipinski definition) is 1. The standard InChI is InChI=1S/C38H45N3O7/c1-24-17-18-25(2)28(23-24)40-21-12-19-38-32(35(44)41(20-10-11-22-42)34(38)36(40)45)31-29(48-38)15-8-9-16-30(43)39(4)26(3)33(47-37(31)46)27-13-6-5-7-14-27/h5-8,12-15,17-19,23,26,29,31-34,42H,9-11,16,20-22H2,1-4H3/b15-8-/t26-,29-,31+,32+,33+,34-,38+/m1/s1. The molecule has 0 aliphatic carbocycles. The zero-order valence-corrected chi connectivity index (χ0v) is 28.1. The molecule has 2 aromatic carbocycles. The second-order valence-corrected chi connectivity index (χ2v) is 13.4. The first-order valence-corrected chi connectivity index (χ1v) is 16.9. The number of carbonyl (C=O) groups excluding carboxylic acids is 4. The molecule has 6 rings (SSSR count). The summed E-state index contributed by atoms with van der Waals surface area (Å²) in [6.45, 7) is 6.23. The van der Waals surface area contributed by atoms with Crippen molar-refractivity contribution in [2.45, 2.75) is 76.3 Å². The molecule has 4 aliphatic rings. The van der Waals surface area contributed by atoms with E-state index in [4.69, 9.17) is 9.47 Å². The monoisotopic (exact) mass is 655 g/mol. The van der Waals surface area contributed by atoms with Gasteiger partial charge in [0, 0.05) is 38.9 Å². The molecule has 7 atom stereocenters. The third-order valence-electron chi connectivity index (χ3n) is 10.4. The summed E-state index contributed by atoms with van der Waals surface area (Å²) in [5.74, 6) is -3.39. The van der Waals surface area contributed by atoms with Gasteiger partial charge in [-0.2, -0.15) is 0 Å². The van der Waals surface area contributed by atoms with E-state index in [1.54, 1.807) is 27.8 Å². The van der Waals surface area contributed by atoms with Crippen LogP contribution in [-0.4, -0.2) is 89.1 Å². The van der Waals surface area contributed by atoms with Crippen LogP contribution < -0.4 is 4.90 Å². The number of cyclic esters (lactones) is 1. The SMILES string of the molecule is Cc1ccc(C)c(N2CC=C[C@]34O[C@@H]5/C=C\CCC(=O)N(C)[C@H](C)[C@@H](c6ccccc6)OC(=O)[C@@H]5[C@H]3C(=O)N(CCCCO)[C@@H]4C2=O)c1. The van der Waals surface area contributed by atoms with Crippen molar-refractivity contribution < 1.29 is 33.8 Å². The Morgan fingerprint density at radius 1 is 0.979 bits per heavy atom. The molecule has 2 aromatic rings. The molecule has 0 saturated carbocycles. The minimum atomic E-state index is -1.43. The van der Waals surface area contributed by atoms with Crippen LogP contribution in [0.4, 0.5) is 5.69 Å². The normalized spacial score (nSPS) is 31.4. The third kappa shape index (κ3) is 5.85. The number of likely N-dealkylation sites (tertiary alicyclic amines) is 1. The summed E-state index contributed by atoms with van der Waals surface area (Å²) in [5.41, 5.74) is 1.97. The summed E-state index contributed by atoms with van der Waals surface area (Å²) in [6.07, 6.45) is 7.20. The van der Waals surface area contributed by atoms with Crippen LogP contribution in [0.3, 0.4) is 0 Å². The van der Waals surface area contributed by atoms with Crippen molar-refractivity contribution in [1.82, 2.24) is 9.80 Å². The fraction of sp³-hybridized carbons (Fsp3) is 0.474. The molecule has 1 N–H and O–H groups in total. The van der Waals surface area contributed by atoms with Crippen molar-refractivity contribution in [2.75, 3.05) is 31.6 Å². The van der Waals surface area contributed by atoms with Gasteiger partial charge in [-0.1, -0.05) is 66.8 Å². The van der Waals surface area contributed by atoms with Crippen LogP contribution in [-0.2, 0) is 28.7 Å². The molecule has 0 bridgehead atoms. The number of aryl methyl sites for hydroxylation is 2. The van der Waals surface area contributed by atoms with Gasteiger partial charge in [0.25, 0.3) is 5.91 Å². The zero-order valence-electron chi connectivity index (χ0n) is 28.1. The fourth-order valence-electron chi connectivity index (χ4n) is 7.75. The quantitative estimate of drug-likeness (QED) is 0.284. The predicted octanol–water partition coefficient (Wildman–Crippen LogP) is 4.04. The van der Waals surface area contributed by atoms with Crippen LogP contribution in [0.25, 0.3) is 0 Å². The number of unbranched alkanes of at least 4 members (excludes halogenated alkanes) is 1. The number of allylic oxidation sites excluding steroid dienone is 1. The van der Waals surface area contributed by atoms with Crippen LogP contribution in [0.2, 0.25) is 0 Å². The highest BCUT2D eigenvalue weighted by Gasteiger charge is 2.71. The highest BCUT2D eigenvalue weighted by Crippen LogP contribution is 2.53. The van der Waals surface area contributed by atoms with Gasteiger partial charge in [-0.05, 0) is 62.8 Å². The Bertz CT molecular complexity index is 1620. The minimum absolute atomic E-state index is 0.0436. The van der Waals surface area contributed by atoms with Gasteiger partial charge in [0.05, 0.1) is 18.1 Å². The molecule has 10 heteroatoms. The Balaban J connectivity index is 1.45. The van der Waals surface area contributed by atoms with Gasteiger partial charge in [-0.3, -0.25) is 19.2 Å². The Hall–Kier alpha value is -4.28. The number of carbonyl (C=O) groups is 4. The number of ether oxygens (including phenoxy) is 2. The third-order valence-corrected chi connectivity index (χ3v) is 10.4. The molecule has 0 unspecified atom stereocenters. The maximum Gasteiger partial charge on any atom is 0.313 e. The summed E-state index contributed by atoms with van der Waals surface area (Å²) < 4.78 is 13.2. The van der Waals surface area contributed by atoms with Crippen molar-refractivity contribution in [1.29, 1.82) is 0 Å². The van der Waals surface area contributed by atoms with E-state index in [1.165, 1.54) is 0 Å². The molecule has 48 heavy (non-hydrogen) atoms. The van der Waals surface area contributed by atoms with Crippen LogP contribution in [0.1, 0.15) is 55.4 Å². The average molecular weight is 656 g/mol. The number of aliphatic hydroxyl groups is 1. The lowest BCUT2D eigenvalue weighted by molar-refractivity contribution is -0.164. The molecule has 2 fully saturated rings. The van der Waals surface area contributed by atoms with Crippen LogP contribution in [0, 0.1) is 25.7 Å². The number of nitrogens with zero attached hydrogens (tertiary/aromatic N) is 3. The number of fused-ring (bicyclic) bond motifs is 2. The van der Waals surface area contributed by atoms with Gasteiger partial charge in [-0.15, -0.1) is 0 Å². The van der Waals surface area contributed by atoms with Crippen molar-refractivity contribution >= 4 is 29.4 Å². The van der Waals surface area contributed by atoms with Gasteiger partial charge >= 0.3 is 5.97 Å². The zero-order chi connectivity index (χ0) is 34.2. The molecule has 3 amide bonds. The largest absolute Gasteiger partial charge is 0.455 e. The lowest BCUT2D eigenvalue weighted by atomic mass is 9.77. The van der Waals surface area contributed by atoms with E-state index in [-0.39, 0.29) is 43.8 Å². The molecule has 10 nitrogen and oxygen atoms in total. The molecule has 1 spiro atoms. The fourth-order valence-corrected chi connectivity index (χ4v) is 7.75. The number of likely N-dealkylation sites (N-methyl/N-ethyl adjacent to an activating group) is 1. The topological polar surface area (TPSA) is 117 Å². The number of benzene rings is 2. The number of esters is 1. The molecule has 0 radical (unpaired) electrons. The molecule has 4 heterocycles. The maximum atomic E-state index is 14.8. The predicted molar refractivity (Wildman–Crippen MR) is 180 cm³/mol. The number of amides is 3. The smallest absolute Gasteiger partial charge is 0.313 e. The number of anilines is 1. The van der Waals surface area contributed by atoms with Crippen LogP contribution in [0.5, 0.6) is 0 Å². The lowest BCUT2D eigenvalue weighted by Gasteiger charge is -2.36. The highest BCUT2D eigenvalue weighted by atomic mass is 16.6. The molecular formula is C38H45N3O7. The second-order valence-electron chi connectivity index (χ2n) is 13.4. The average Bonchev–Trinajstić information content (AvgIpc) is 3.46. The van der Waals surface area contributed by atoms with Gasteiger partial charge in [0.2, 0.25) is 11.8 Å². The van der Waals surface area contributed by atoms with Crippen molar-refractivity contribution in [2.24, 2.45) is 11.8 Å². The second kappa shape index (κ2) is 13.7. The number of rotatable bonds is 6. The van der Waals surface area contributed by atoms with Crippen LogP contribution >= 0.6 is 0 Å². The summed E-state index contributed by atoms with van der Waals surface area (Å²) in [6, 6.07) is 13.7. The first-order chi connectivity index (χ1) is 23.1. The number of hydrogen-bond acceptors (Lipinski definition) is 7. The van der Waals surface area contributed by atoms with E-state index < -0.39 is 47.7 Å². The van der Waals surface area contributed by atoms with Crippen molar-refractivity contribution in [3.05, 3.63) is 89.5 Å². The van der Waals surface area contributed by atoms with E-state index in [2.05, 4.69) is 0 Å². The highest BCUT2D eigenvalue weighted by molar-refractivity contribution is 6.06. The van der Waals surface area contributed by atoms with Gasteiger partial charge in [0.1, 0.15) is 23.7 Å². The lowest BCUT2D eigenvalue weighted by Crippen LogP contribution is -2.55. The van der Waals surface area contributed by atoms with Crippen molar-refractivity contribution in [3.8, 4) is 0 Å². The van der Waals surface area contributed by atoms with E-state index in [1.807, 2.05) is 87.5 Å². The molecule has 4 aliphatic heterocycles. The number of aliphatic hydroxyl groups excluding tert-OH is 1. The molecular weight excluding hydrogens is 610 g/mol. The summed E-state index contributed by atoms with van der Waals surface area (Å²) in [7, 11) is 1.71. The Morgan fingerprint density at radius 2 is 1.75 bits per heavy atom. The van der Waals surface area contributed by atoms with E-state index in [0.29, 0.717) is 19.3 Å². The van der Waals surface area contributed by atoms with Gasteiger partial charge < -0.3 is 29.3 Å². The van der Waals surface area contributed by atoms with Gasteiger partial charge in [0.15, 0.2) is 0 Å². The van der Waals surface area contributed by atoms with E-state index >= 15 is 0 Å². The summed E-state index contributed by atoms with van der Waals surface area (Å²) >= 11 is 0. The first-order valence-electron chi connectivity index (χ1n) is 16.9. The Kier molecular flexibility index (Phi) is 9.58. The first kappa shape index (κ1) is 33.6. The van der Waals surface area contributed by atoms with Gasteiger partial charge in [-0.25, -0.2) is 0 Å². The summed E-state index contributed by atoms with van der Waals surface area (Å²) in [5, 5.41) is 9.55. The van der Waals surface area contributed by atoms with Crippen LogP contribution in [0.15, 0.2) is 72.8 Å².